The standard InChI is InChI=1S/C84H53BN4/c1-4-24-54(25-5-1)60-46-47-71(62-31-11-10-30-61(60)62)83-69-38-14-12-36-67(69)82(68-37-13-15-39-70(68)83)55-50-80-84-81(51-55)87(57-28-8-3-9-29-57)79-53-59(89-76-42-22-18-34-65(76)66-35-19-23-43-77(66)89)45-49-73(79)85(84)72-48-44-58(52-78(72)86(80)56-26-6-2-7-27-56)88-74-40-20-16-32-63(74)64-33-17-21-41-75(64)88/h1-53H. The van der Waals surface area contributed by atoms with E-state index in [1.807, 2.05) is 0 Å². The molecule has 0 fully saturated rings. The number of anilines is 6. The van der Waals surface area contributed by atoms with Gasteiger partial charge in [-0.05, 0) is 167 Å². The summed E-state index contributed by atoms with van der Waals surface area (Å²) in [5.41, 5.74) is 24.8. The van der Waals surface area contributed by atoms with Gasteiger partial charge in [0.25, 0.3) is 6.71 Å². The minimum atomic E-state index is -0.138. The molecule has 17 aromatic rings. The number of rotatable bonds is 7. The highest BCUT2D eigenvalue weighted by atomic mass is 15.2. The molecule has 0 spiro atoms. The molecule has 2 aliphatic heterocycles. The number of hydrogen-bond acceptors (Lipinski definition) is 2. The average molecular weight is 1130 g/mol. The molecule has 0 unspecified atom stereocenters. The van der Waals surface area contributed by atoms with Crippen molar-refractivity contribution in [2.75, 3.05) is 9.80 Å². The van der Waals surface area contributed by atoms with Gasteiger partial charge < -0.3 is 18.9 Å². The van der Waals surface area contributed by atoms with Gasteiger partial charge in [-0.25, -0.2) is 0 Å². The van der Waals surface area contributed by atoms with E-state index in [1.54, 1.807) is 0 Å². The third kappa shape index (κ3) is 7.30. The van der Waals surface area contributed by atoms with Gasteiger partial charge in [0, 0.05) is 67.0 Å². The summed E-state index contributed by atoms with van der Waals surface area (Å²) in [6.45, 7) is -0.138. The van der Waals surface area contributed by atoms with Gasteiger partial charge in [0.1, 0.15) is 0 Å². The zero-order valence-electron chi connectivity index (χ0n) is 48.5. The largest absolute Gasteiger partial charge is 0.311 e. The Kier molecular flexibility index (Phi) is 10.8. The third-order valence-electron chi connectivity index (χ3n) is 19.2. The molecule has 89 heavy (non-hydrogen) atoms. The molecule has 4 nitrogen and oxygen atoms in total. The number of benzene rings is 15. The molecular weight excluding hydrogens is 1080 g/mol. The Hall–Kier alpha value is -11.7. The number of nitrogens with zero attached hydrogens (tertiary/aromatic N) is 4. The van der Waals surface area contributed by atoms with E-state index in [0.717, 1.165) is 51.1 Å². The quantitative estimate of drug-likeness (QED) is 0.117. The second-order valence-corrected chi connectivity index (χ2v) is 23.8. The molecule has 0 aliphatic carbocycles. The molecule has 0 amide bonds. The van der Waals surface area contributed by atoms with Crippen molar-refractivity contribution in [3.05, 3.63) is 322 Å². The van der Waals surface area contributed by atoms with Gasteiger partial charge in [0.05, 0.1) is 22.1 Å². The summed E-state index contributed by atoms with van der Waals surface area (Å²) >= 11 is 0. The van der Waals surface area contributed by atoms with Crippen LogP contribution in [-0.4, -0.2) is 15.8 Å². The van der Waals surface area contributed by atoms with E-state index in [1.165, 1.54) is 120 Å². The lowest BCUT2D eigenvalue weighted by atomic mass is 9.33. The van der Waals surface area contributed by atoms with E-state index < -0.39 is 0 Å². The molecule has 0 N–H and O–H groups in total. The molecule has 0 radical (unpaired) electrons. The van der Waals surface area contributed by atoms with Crippen molar-refractivity contribution in [1.29, 1.82) is 0 Å². The highest BCUT2D eigenvalue weighted by molar-refractivity contribution is 7.00. The smallest absolute Gasteiger partial charge is 0.252 e. The van der Waals surface area contributed by atoms with Gasteiger partial charge >= 0.3 is 0 Å². The molecule has 2 aromatic heterocycles. The zero-order chi connectivity index (χ0) is 58.3. The van der Waals surface area contributed by atoms with Crippen LogP contribution in [0.4, 0.5) is 34.1 Å². The molecule has 4 heterocycles. The SMILES string of the molecule is c1ccc(-c2ccc(-c3c4ccccc4c(-c4cc5c6c(c4)N(c4ccccc4)c4cc(-n7c8ccccc8c8ccccc87)ccc4B6c4ccc(-n6c7ccccc7c7ccccc76)cc4N5c4ccccc4)c4ccccc34)c3ccccc23)cc1. The van der Waals surface area contributed by atoms with Crippen LogP contribution < -0.4 is 26.2 Å². The first-order valence-corrected chi connectivity index (χ1v) is 30.9. The summed E-state index contributed by atoms with van der Waals surface area (Å²) in [5.74, 6) is 0. The highest BCUT2D eigenvalue weighted by Gasteiger charge is 2.44. The highest BCUT2D eigenvalue weighted by Crippen LogP contribution is 2.52. The van der Waals surface area contributed by atoms with Crippen molar-refractivity contribution in [3.63, 3.8) is 0 Å². The van der Waals surface area contributed by atoms with Crippen molar-refractivity contribution < 1.29 is 0 Å². The molecule has 15 aromatic carbocycles. The molecule has 19 rings (SSSR count). The molecule has 412 valence electrons. The predicted octanol–water partition coefficient (Wildman–Crippen LogP) is 20.4. The first-order valence-electron chi connectivity index (χ1n) is 30.9. The third-order valence-corrected chi connectivity index (χ3v) is 19.2. The Morgan fingerprint density at radius 1 is 0.213 bits per heavy atom. The first kappa shape index (κ1) is 49.6. The molecule has 0 saturated heterocycles. The molecular formula is C84H53BN4. The second kappa shape index (κ2) is 19.4. The fraction of sp³-hybridized carbons (Fsp3) is 0. The van der Waals surface area contributed by atoms with E-state index in [4.69, 9.17) is 0 Å². The lowest BCUT2D eigenvalue weighted by molar-refractivity contribution is 1.17. The van der Waals surface area contributed by atoms with E-state index in [0.29, 0.717) is 0 Å². The van der Waals surface area contributed by atoms with Crippen LogP contribution in [0.5, 0.6) is 0 Å². The van der Waals surface area contributed by atoms with Crippen molar-refractivity contribution in [1.82, 2.24) is 9.13 Å². The fourth-order valence-electron chi connectivity index (χ4n) is 15.6. The maximum atomic E-state index is 2.57. The van der Waals surface area contributed by atoms with Crippen LogP contribution in [0.3, 0.4) is 0 Å². The summed E-state index contributed by atoms with van der Waals surface area (Å²) in [7, 11) is 0. The zero-order valence-corrected chi connectivity index (χ0v) is 48.5. The lowest BCUT2D eigenvalue weighted by Crippen LogP contribution is -2.61. The maximum absolute atomic E-state index is 2.57. The Morgan fingerprint density at radius 3 is 0.978 bits per heavy atom. The maximum Gasteiger partial charge on any atom is 0.252 e. The number of para-hydroxylation sites is 6. The summed E-state index contributed by atoms with van der Waals surface area (Å²) in [4.78, 5) is 5.15. The van der Waals surface area contributed by atoms with E-state index in [2.05, 4.69) is 340 Å². The number of aromatic nitrogens is 2. The van der Waals surface area contributed by atoms with E-state index in [9.17, 15) is 0 Å². The normalized spacial score (nSPS) is 12.7. The van der Waals surface area contributed by atoms with Crippen molar-refractivity contribution in [2.45, 2.75) is 0 Å². The minimum Gasteiger partial charge on any atom is -0.311 e. The Labute approximate surface area is 515 Å². The molecule has 2 aliphatic rings. The predicted molar refractivity (Wildman–Crippen MR) is 378 cm³/mol. The van der Waals surface area contributed by atoms with Crippen molar-refractivity contribution in [3.8, 4) is 44.8 Å². The van der Waals surface area contributed by atoms with Crippen LogP contribution in [0.2, 0.25) is 0 Å². The van der Waals surface area contributed by atoms with E-state index >= 15 is 0 Å². The minimum absolute atomic E-state index is 0.138. The van der Waals surface area contributed by atoms with Crippen molar-refractivity contribution >= 4 is 133 Å². The Bertz CT molecular complexity index is 5370. The van der Waals surface area contributed by atoms with Crippen LogP contribution in [0.15, 0.2) is 322 Å². The average Bonchev–Trinajstić information content (AvgIpc) is 1.20. The van der Waals surface area contributed by atoms with Gasteiger partial charge in [-0.15, -0.1) is 0 Å². The Balaban J connectivity index is 0.928. The second-order valence-electron chi connectivity index (χ2n) is 23.8. The fourth-order valence-corrected chi connectivity index (χ4v) is 15.6. The van der Waals surface area contributed by atoms with Crippen LogP contribution in [0, 0.1) is 0 Å². The Morgan fingerprint density at radius 2 is 0.551 bits per heavy atom. The topological polar surface area (TPSA) is 16.3 Å². The first-order chi connectivity index (χ1) is 44.2. The van der Waals surface area contributed by atoms with Gasteiger partial charge in [0.15, 0.2) is 0 Å². The van der Waals surface area contributed by atoms with Gasteiger partial charge in [0.2, 0.25) is 0 Å². The van der Waals surface area contributed by atoms with E-state index in [-0.39, 0.29) is 6.71 Å². The number of hydrogen-bond donors (Lipinski definition) is 0. The van der Waals surface area contributed by atoms with Gasteiger partial charge in [-0.1, -0.05) is 237 Å². The summed E-state index contributed by atoms with van der Waals surface area (Å²) in [6.07, 6.45) is 0. The number of fused-ring (bicyclic) bond motifs is 13. The van der Waals surface area contributed by atoms with Crippen LogP contribution in [-0.2, 0) is 0 Å². The van der Waals surface area contributed by atoms with Gasteiger partial charge in [-0.2, -0.15) is 0 Å². The van der Waals surface area contributed by atoms with Crippen LogP contribution in [0.1, 0.15) is 0 Å². The molecule has 0 bridgehead atoms. The summed E-state index contributed by atoms with van der Waals surface area (Å²) in [5, 5.41) is 12.3. The molecule has 5 heteroatoms. The lowest BCUT2D eigenvalue weighted by Gasteiger charge is -2.44. The molecule has 0 atom stereocenters. The van der Waals surface area contributed by atoms with Crippen LogP contribution >= 0.6 is 0 Å². The van der Waals surface area contributed by atoms with Gasteiger partial charge in [-0.3, -0.25) is 0 Å². The van der Waals surface area contributed by atoms with Crippen molar-refractivity contribution in [2.24, 2.45) is 0 Å². The monoisotopic (exact) mass is 1130 g/mol. The summed E-state index contributed by atoms with van der Waals surface area (Å²) in [6, 6.07) is 120. The molecule has 0 saturated carbocycles. The van der Waals surface area contributed by atoms with Crippen LogP contribution in [0.25, 0.3) is 121 Å². The summed E-state index contributed by atoms with van der Waals surface area (Å²) < 4.78 is 4.93.